The lowest BCUT2D eigenvalue weighted by Crippen LogP contribution is -2.15. The molecule has 1 aromatic carbocycles. The second-order valence-electron chi connectivity index (χ2n) is 3.69. The van der Waals surface area contributed by atoms with Crippen molar-refractivity contribution in [3.63, 3.8) is 0 Å². The fourth-order valence-corrected chi connectivity index (χ4v) is 2.34. The van der Waals surface area contributed by atoms with E-state index >= 15 is 0 Å². The van der Waals surface area contributed by atoms with E-state index < -0.39 is 15.8 Å². The van der Waals surface area contributed by atoms with Crippen molar-refractivity contribution < 1.29 is 17.9 Å². The van der Waals surface area contributed by atoms with Crippen LogP contribution in [-0.2, 0) is 19.4 Å². The van der Waals surface area contributed by atoms with Gasteiger partial charge in [0.2, 0.25) is 0 Å². The predicted octanol–water partition coefficient (Wildman–Crippen LogP) is 0.866. The standard InChI is InChI=1S/C12H15NO4S/c1-10(13)9-12(14)17-7-8-18(15,16)11-5-3-2-4-6-11/h2-6,9H,7-8,13H2,1H3/b10-9-. The highest BCUT2D eigenvalue weighted by molar-refractivity contribution is 7.91. The van der Waals surface area contributed by atoms with Crippen LogP contribution in [0.3, 0.4) is 0 Å². The Labute approximate surface area is 106 Å². The van der Waals surface area contributed by atoms with Gasteiger partial charge in [-0.05, 0) is 19.1 Å². The molecule has 1 rings (SSSR count). The van der Waals surface area contributed by atoms with Crippen LogP contribution in [0.4, 0.5) is 0 Å². The molecule has 5 nitrogen and oxygen atoms in total. The second kappa shape index (κ2) is 6.20. The highest BCUT2D eigenvalue weighted by Gasteiger charge is 2.14. The summed E-state index contributed by atoms with van der Waals surface area (Å²) in [6, 6.07) is 8.01. The van der Waals surface area contributed by atoms with Crippen molar-refractivity contribution in [2.24, 2.45) is 5.73 Å². The van der Waals surface area contributed by atoms with E-state index in [0.717, 1.165) is 6.08 Å². The van der Waals surface area contributed by atoms with Gasteiger partial charge in [0.15, 0.2) is 9.84 Å². The molecule has 0 aromatic heterocycles. The van der Waals surface area contributed by atoms with E-state index in [4.69, 9.17) is 10.5 Å². The van der Waals surface area contributed by atoms with Crippen LogP contribution in [0.25, 0.3) is 0 Å². The molecular weight excluding hydrogens is 254 g/mol. The van der Waals surface area contributed by atoms with Crippen LogP contribution in [0.2, 0.25) is 0 Å². The van der Waals surface area contributed by atoms with E-state index in [9.17, 15) is 13.2 Å². The van der Waals surface area contributed by atoms with Crippen LogP contribution >= 0.6 is 0 Å². The quantitative estimate of drug-likeness (QED) is 0.633. The number of benzene rings is 1. The molecule has 0 bridgehead atoms. The van der Waals surface area contributed by atoms with Gasteiger partial charge in [-0.15, -0.1) is 0 Å². The van der Waals surface area contributed by atoms with Crippen LogP contribution in [0.5, 0.6) is 0 Å². The van der Waals surface area contributed by atoms with E-state index in [-0.39, 0.29) is 17.3 Å². The lowest BCUT2D eigenvalue weighted by atomic mass is 10.4. The Hall–Kier alpha value is -1.82. The van der Waals surface area contributed by atoms with E-state index in [1.54, 1.807) is 25.1 Å². The molecule has 0 aliphatic heterocycles. The molecule has 0 amide bonds. The van der Waals surface area contributed by atoms with Crippen LogP contribution < -0.4 is 5.73 Å². The lowest BCUT2D eigenvalue weighted by Gasteiger charge is -2.04. The van der Waals surface area contributed by atoms with Crippen molar-refractivity contribution in [3.05, 3.63) is 42.1 Å². The molecule has 0 fully saturated rings. The van der Waals surface area contributed by atoms with Crippen molar-refractivity contribution in [2.45, 2.75) is 11.8 Å². The van der Waals surface area contributed by atoms with Gasteiger partial charge in [0.1, 0.15) is 6.61 Å². The average Bonchev–Trinajstić information content (AvgIpc) is 2.29. The molecule has 0 unspecified atom stereocenters. The van der Waals surface area contributed by atoms with Crippen molar-refractivity contribution in [3.8, 4) is 0 Å². The summed E-state index contributed by atoms with van der Waals surface area (Å²) >= 11 is 0. The zero-order valence-corrected chi connectivity index (χ0v) is 10.8. The zero-order chi connectivity index (χ0) is 13.6. The number of ether oxygens (including phenoxy) is 1. The molecule has 0 heterocycles. The van der Waals surface area contributed by atoms with Gasteiger partial charge in [0.05, 0.1) is 10.6 Å². The van der Waals surface area contributed by atoms with Crippen molar-refractivity contribution in [2.75, 3.05) is 12.4 Å². The summed E-state index contributed by atoms with van der Waals surface area (Å²) in [6.45, 7) is 1.35. The lowest BCUT2D eigenvalue weighted by molar-refractivity contribution is -0.137. The molecule has 0 saturated heterocycles. The third-order valence-electron chi connectivity index (χ3n) is 2.04. The van der Waals surface area contributed by atoms with E-state index in [1.807, 2.05) is 0 Å². The van der Waals surface area contributed by atoms with E-state index in [0.29, 0.717) is 5.70 Å². The van der Waals surface area contributed by atoms with Crippen LogP contribution in [-0.4, -0.2) is 26.7 Å². The molecule has 18 heavy (non-hydrogen) atoms. The van der Waals surface area contributed by atoms with Crippen LogP contribution in [0, 0.1) is 0 Å². The molecule has 0 aliphatic carbocycles. The van der Waals surface area contributed by atoms with E-state index in [1.165, 1.54) is 12.1 Å². The van der Waals surface area contributed by atoms with Gasteiger partial charge in [-0.3, -0.25) is 0 Å². The van der Waals surface area contributed by atoms with Gasteiger partial charge >= 0.3 is 5.97 Å². The molecule has 0 atom stereocenters. The minimum atomic E-state index is -3.41. The number of carbonyl (C=O) groups excluding carboxylic acids is 1. The van der Waals surface area contributed by atoms with Crippen molar-refractivity contribution >= 4 is 15.8 Å². The summed E-state index contributed by atoms with van der Waals surface area (Å²) < 4.78 is 28.3. The van der Waals surface area contributed by atoms with E-state index in [2.05, 4.69) is 0 Å². The molecular formula is C12H15NO4S. The fraction of sp³-hybridized carbons (Fsp3) is 0.250. The number of rotatable bonds is 5. The monoisotopic (exact) mass is 269 g/mol. The third kappa shape index (κ3) is 4.58. The number of hydrogen-bond acceptors (Lipinski definition) is 5. The first-order valence-corrected chi connectivity index (χ1v) is 6.95. The minimum Gasteiger partial charge on any atom is -0.461 e. The Kier molecular flexibility index (Phi) is 4.91. The van der Waals surface area contributed by atoms with Gasteiger partial charge in [-0.1, -0.05) is 18.2 Å². The highest BCUT2D eigenvalue weighted by Crippen LogP contribution is 2.09. The van der Waals surface area contributed by atoms with Gasteiger partial charge in [-0.25, -0.2) is 13.2 Å². The average molecular weight is 269 g/mol. The normalized spacial score (nSPS) is 12.2. The Morgan fingerprint density at radius 2 is 1.94 bits per heavy atom. The third-order valence-corrected chi connectivity index (χ3v) is 3.74. The molecule has 6 heteroatoms. The Morgan fingerprint density at radius 3 is 2.50 bits per heavy atom. The first kappa shape index (κ1) is 14.2. The summed E-state index contributed by atoms with van der Waals surface area (Å²) in [4.78, 5) is 11.3. The number of hydrogen-bond donors (Lipinski definition) is 1. The van der Waals surface area contributed by atoms with Gasteiger partial charge in [0.25, 0.3) is 0 Å². The molecule has 1 aromatic rings. The molecule has 0 aliphatic rings. The fourth-order valence-electron chi connectivity index (χ4n) is 1.23. The Bertz CT molecular complexity index is 530. The Balaban J connectivity index is 2.54. The summed E-state index contributed by atoms with van der Waals surface area (Å²) in [7, 11) is -3.41. The SMILES string of the molecule is C/C(N)=C/C(=O)OCCS(=O)(=O)c1ccccc1. The summed E-state index contributed by atoms with van der Waals surface area (Å²) in [5.41, 5.74) is 5.59. The number of esters is 1. The summed E-state index contributed by atoms with van der Waals surface area (Å²) in [5, 5.41) is 0. The highest BCUT2D eigenvalue weighted by atomic mass is 32.2. The molecule has 98 valence electrons. The summed E-state index contributed by atoms with van der Waals surface area (Å²) in [5.74, 6) is -0.890. The predicted molar refractivity (Wildman–Crippen MR) is 67.4 cm³/mol. The number of carbonyl (C=O) groups is 1. The maximum absolute atomic E-state index is 11.8. The van der Waals surface area contributed by atoms with Crippen LogP contribution in [0.15, 0.2) is 47.0 Å². The first-order chi connectivity index (χ1) is 8.42. The second-order valence-corrected chi connectivity index (χ2v) is 5.80. The van der Waals surface area contributed by atoms with Gasteiger partial charge in [-0.2, -0.15) is 0 Å². The molecule has 2 N–H and O–H groups in total. The van der Waals surface area contributed by atoms with Crippen molar-refractivity contribution in [1.82, 2.24) is 0 Å². The summed E-state index contributed by atoms with van der Waals surface area (Å²) in [6.07, 6.45) is 1.11. The topological polar surface area (TPSA) is 86.5 Å². The number of sulfone groups is 1. The largest absolute Gasteiger partial charge is 0.461 e. The molecule has 0 spiro atoms. The number of nitrogens with two attached hydrogens (primary N) is 1. The maximum Gasteiger partial charge on any atom is 0.332 e. The van der Waals surface area contributed by atoms with Gasteiger partial charge in [0, 0.05) is 11.8 Å². The molecule has 0 saturated carbocycles. The van der Waals surface area contributed by atoms with Gasteiger partial charge < -0.3 is 10.5 Å². The van der Waals surface area contributed by atoms with Crippen molar-refractivity contribution in [1.29, 1.82) is 0 Å². The first-order valence-electron chi connectivity index (χ1n) is 5.30. The zero-order valence-electron chi connectivity index (χ0n) is 10.00. The molecule has 0 radical (unpaired) electrons. The minimum absolute atomic E-state index is 0.195. The number of allylic oxidation sites excluding steroid dienone is 1. The smallest absolute Gasteiger partial charge is 0.332 e. The van der Waals surface area contributed by atoms with Crippen LogP contribution in [0.1, 0.15) is 6.92 Å². The maximum atomic E-state index is 11.8. The Morgan fingerprint density at radius 1 is 1.33 bits per heavy atom.